The lowest BCUT2D eigenvalue weighted by molar-refractivity contribution is -0.128. The molecule has 2 aromatic heterocycles. The van der Waals surface area contributed by atoms with Crippen LogP contribution in [0.1, 0.15) is 18.5 Å². The van der Waals surface area contributed by atoms with E-state index in [4.69, 9.17) is 11.6 Å². The topological polar surface area (TPSA) is 72.3 Å². The first-order valence-corrected chi connectivity index (χ1v) is 10.0. The number of carbonyl (C=O) groups is 1. The van der Waals surface area contributed by atoms with Crippen molar-refractivity contribution in [3.63, 3.8) is 0 Å². The van der Waals surface area contributed by atoms with Crippen LogP contribution in [0.4, 0.5) is 0 Å². The standard InChI is InChI=1S/C18H16ClN3O3S.ClH/c19-17-9-8-16-15(20-17)11-13(12-21-10-4-7-18(21)23)22(16)26(24,25)14-5-2-1-3-6-14;/h1-3,5-6,8-9,11H,4,7,10,12H2;1H. The quantitative estimate of drug-likeness (QED) is 0.599. The maximum absolute atomic E-state index is 13.3. The number of carbonyl (C=O) groups excluding carboxylic acids is 1. The van der Waals surface area contributed by atoms with E-state index in [1.165, 1.54) is 3.97 Å². The van der Waals surface area contributed by atoms with Crippen molar-refractivity contribution in [2.75, 3.05) is 6.54 Å². The summed E-state index contributed by atoms with van der Waals surface area (Å²) in [5, 5.41) is 0.288. The number of amides is 1. The van der Waals surface area contributed by atoms with E-state index in [-0.39, 0.29) is 34.9 Å². The summed E-state index contributed by atoms with van der Waals surface area (Å²) in [5.41, 5.74) is 1.42. The largest absolute Gasteiger partial charge is 0.337 e. The van der Waals surface area contributed by atoms with Crippen LogP contribution in [0.2, 0.25) is 5.15 Å². The highest BCUT2D eigenvalue weighted by atomic mass is 35.5. The summed E-state index contributed by atoms with van der Waals surface area (Å²) in [4.78, 5) is 18.1. The predicted molar refractivity (Wildman–Crippen MR) is 106 cm³/mol. The van der Waals surface area contributed by atoms with Crippen molar-refractivity contribution in [3.8, 4) is 0 Å². The first-order valence-electron chi connectivity index (χ1n) is 8.22. The lowest BCUT2D eigenvalue weighted by Crippen LogP contribution is -2.26. The number of benzene rings is 1. The van der Waals surface area contributed by atoms with Gasteiger partial charge in [-0.3, -0.25) is 4.79 Å². The van der Waals surface area contributed by atoms with Gasteiger partial charge in [0.15, 0.2) is 0 Å². The Morgan fingerprint density at radius 1 is 1.11 bits per heavy atom. The van der Waals surface area contributed by atoms with Crippen LogP contribution in [0, 0.1) is 0 Å². The molecule has 1 aromatic carbocycles. The molecule has 0 aliphatic carbocycles. The number of hydrogen-bond donors (Lipinski definition) is 0. The Bertz CT molecular complexity index is 1100. The van der Waals surface area contributed by atoms with Gasteiger partial charge < -0.3 is 4.90 Å². The molecule has 27 heavy (non-hydrogen) atoms. The van der Waals surface area contributed by atoms with Gasteiger partial charge in [0.05, 0.1) is 28.2 Å². The maximum Gasteiger partial charge on any atom is 0.268 e. The van der Waals surface area contributed by atoms with Gasteiger partial charge in [-0.05, 0) is 36.8 Å². The van der Waals surface area contributed by atoms with E-state index in [2.05, 4.69) is 4.98 Å². The highest BCUT2D eigenvalue weighted by Gasteiger charge is 2.27. The first kappa shape index (κ1) is 19.7. The smallest absolute Gasteiger partial charge is 0.268 e. The van der Waals surface area contributed by atoms with Crippen LogP contribution in [0.3, 0.4) is 0 Å². The molecule has 1 amide bonds. The molecule has 4 rings (SSSR count). The molecule has 0 saturated carbocycles. The second-order valence-electron chi connectivity index (χ2n) is 6.18. The third kappa shape index (κ3) is 3.54. The molecule has 0 N–H and O–H groups in total. The Labute approximate surface area is 168 Å². The number of fused-ring (bicyclic) bond motifs is 1. The molecule has 1 saturated heterocycles. The molecule has 9 heteroatoms. The molecule has 0 unspecified atom stereocenters. The summed E-state index contributed by atoms with van der Waals surface area (Å²) in [6.45, 7) is 0.846. The normalized spacial score (nSPS) is 14.6. The molecule has 0 radical (unpaired) electrons. The zero-order valence-electron chi connectivity index (χ0n) is 14.2. The van der Waals surface area contributed by atoms with Crippen LogP contribution in [0.25, 0.3) is 11.0 Å². The second-order valence-corrected chi connectivity index (χ2v) is 8.35. The van der Waals surface area contributed by atoms with Crippen molar-refractivity contribution in [1.29, 1.82) is 0 Å². The number of aromatic nitrogens is 2. The van der Waals surface area contributed by atoms with Crippen molar-refractivity contribution in [2.24, 2.45) is 0 Å². The van der Waals surface area contributed by atoms with Crippen molar-refractivity contribution in [1.82, 2.24) is 13.9 Å². The summed E-state index contributed by atoms with van der Waals surface area (Å²) >= 11 is 5.97. The average molecular weight is 426 g/mol. The maximum atomic E-state index is 13.3. The van der Waals surface area contributed by atoms with Crippen molar-refractivity contribution < 1.29 is 13.2 Å². The van der Waals surface area contributed by atoms with E-state index in [0.29, 0.717) is 29.7 Å². The molecule has 1 fully saturated rings. The van der Waals surface area contributed by atoms with Crippen LogP contribution in [-0.4, -0.2) is 34.7 Å². The van der Waals surface area contributed by atoms with Gasteiger partial charge in [-0.15, -0.1) is 12.4 Å². The lowest BCUT2D eigenvalue weighted by atomic mass is 10.3. The Hall–Kier alpha value is -2.09. The molecule has 1 aliphatic rings. The minimum absolute atomic E-state index is 0. The van der Waals surface area contributed by atoms with Gasteiger partial charge in [-0.1, -0.05) is 29.8 Å². The van der Waals surface area contributed by atoms with Crippen molar-refractivity contribution >= 4 is 51.0 Å². The number of rotatable bonds is 4. The fraction of sp³-hybridized carbons (Fsp3) is 0.222. The predicted octanol–water partition coefficient (Wildman–Crippen LogP) is 3.47. The summed E-state index contributed by atoms with van der Waals surface area (Å²) in [6, 6.07) is 13.1. The van der Waals surface area contributed by atoms with E-state index in [1.54, 1.807) is 53.4 Å². The van der Waals surface area contributed by atoms with Crippen LogP contribution in [-0.2, 0) is 21.4 Å². The van der Waals surface area contributed by atoms with Crippen molar-refractivity contribution in [2.45, 2.75) is 24.3 Å². The third-order valence-electron chi connectivity index (χ3n) is 4.46. The molecule has 3 aromatic rings. The fourth-order valence-electron chi connectivity index (χ4n) is 3.25. The Balaban J connectivity index is 0.00000210. The molecule has 0 spiro atoms. The van der Waals surface area contributed by atoms with Crippen LogP contribution in [0.5, 0.6) is 0 Å². The molecule has 0 atom stereocenters. The highest BCUT2D eigenvalue weighted by Crippen LogP contribution is 2.27. The summed E-state index contributed by atoms with van der Waals surface area (Å²) < 4.78 is 27.8. The van der Waals surface area contributed by atoms with Crippen molar-refractivity contribution in [3.05, 3.63) is 59.4 Å². The monoisotopic (exact) mass is 425 g/mol. The van der Waals surface area contributed by atoms with E-state index in [1.807, 2.05) is 0 Å². The molecular formula is C18H17Cl2N3O3S. The molecular weight excluding hydrogens is 409 g/mol. The van der Waals surface area contributed by atoms with E-state index in [9.17, 15) is 13.2 Å². The zero-order valence-corrected chi connectivity index (χ0v) is 16.6. The lowest BCUT2D eigenvalue weighted by Gasteiger charge is -2.18. The number of likely N-dealkylation sites (tertiary alicyclic amines) is 1. The second kappa shape index (κ2) is 7.50. The molecule has 142 valence electrons. The fourth-order valence-corrected chi connectivity index (χ4v) is 4.95. The molecule has 6 nitrogen and oxygen atoms in total. The van der Waals surface area contributed by atoms with E-state index in [0.717, 1.165) is 6.42 Å². The summed E-state index contributed by atoms with van der Waals surface area (Å²) in [7, 11) is -3.83. The third-order valence-corrected chi connectivity index (χ3v) is 6.45. The van der Waals surface area contributed by atoms with Gasteiger partial charge >= 0.3 is 0 Å². The Morgan fingerprint density at radius 2 is 1.85 bits per heavy atom. The molecule has 3 heterocycles. The highest BCUT2D eigenvalue weighted by molar-refractivity contribution is 7.90. The van der Waals surface area contributed by atoms with Crippen LogP contribution < -0.4 is 0 Å². The number of nitrogens with zero attached hydrogens (tertiary/aromatic N) is 3. The SMILES string of the molecule is Cl.O=C1CCCN1Cc1cc2nc(Cl)ccc2n1S(=O)(=O)c1ccccc1. The van der Waals surface area contributed by atoms with Crippen LogP contribution >= 0.6 is 24.0 Å². The van der Waals surface area contributed by atoms with Gasteiger partial charge in [0.1, 0.15) is 5.15 Å². The average Bonchev–Trinajstić information content (AvgIpc) is 3.19. The zero-order chi connectivity index (χ0) is 18.3. The minimum atomic E-state index is -3.83. The van der Waals surface area contributed by atoms with Crippen LogP contribution in [0.15, 0.2) is 53.4 Å². The number of pyridine rings is 1. The van der Waals surface area contributed by atoms with Gasteiger partial charge in [0, 0.05) is 13.0 Å². The minimum Gasteiger partial charge on any atom is -0.337 e. The van der Waals surface area contributed by atoms with E-state index >= 15 is 0 Å². The van der Waals surface area contributed by atoms with E-state index < -0.39 is 10.0 Å². The Morgan fingerprint density at radius 3 is 2.52 bits per heavy atom. The summed E-state index contributed by atoms with van der Waals surface area (Å²) in [5.74, 6) is 0.0323. The van der Waals surface area contributed by atoms with Gasteiger partial charge in [-0.25, -0.2) is 17.4 Å². The van der Waals surface area contributed by atoms with Gasteiger partial charge in [0.2, 0.25) is 5.91 Å². The summed E-state index contributed by atoms with van der Waals surface area (Å²) in [6.07, 6.45) is 1.28. The Kier molecular flexibility index (Phi) is 5.46. The first-order chi connectivity index (χ1) is 12.5. The van der Waals surface area contributed by atoms with Gasteiger partial charge in [-0.2, -0.15) is 0 Å². The number of halogens is 2. The molecule has 0 bridgehead atoms. The number of hydrogen-bond acceptors (Lipinski definition) is 4. The van der Waals surface area contributed by atoms with Gasteiger partial charge in [0.25, 0.3) is 10.0 Å². The molecule has 1 aliphatic heterocycles.